The lowest BCUT2D eigenvalue weighted by Crippen LogP contribution is -2.31. The molecule has 274 valence electrons. The van der Waals surface area contributed by atoms with Gasteiger partial charge in [-0.15, -0.1) is 0 Å². The standard InChI is InChI=1S/C48H46N8/c1-5-53-25-9-13-33(29-53)45-37-17-19-39(49-37)46(34-14-10-26-54(6-2)30-34)41-21-23-43(51-41)48(36-16-12-28-56(8-4)32-36)44-24-22-42(52-44)47(40-20-18-38(45)50-40)35-15-11-27-55(7-3)31-35/h9-32,49-50H,5-8H2,1-4H3/q+4. The molecule has 8 nitrogen and oxygen atoms in total. The minimum absolute atomic E-state index is 0.859. The molecule has 2 aliphatic rings. The molecule has 0 radical (unpaired) electrons. The van der Waals surface area contributed by atoms with Crippen LogP contribution in [-0.2, 0) is 26.2 Å². The monoisotopic (exact) mass is 734 g/mol. The molecule has 8 bridgehead atoms. The normalized spacial score (nSPS) is 12.1. The molecular weight excluding hydrogens is 689 g/mol. The number of hydrogen-bond donors (Lipinski definition) is 2. The Labute approximate surface area is 327 Å². The summed E-state index contributed by atoms with van der Waals surface area (Å²) in [7, 11) is 0. The molecule has 7 aromatic heterocycles. The fraction of sp³-hybridized carbons (Fsp3) is 0.167. The lowest BCUT2D eigenvalue weighted by atomic mass is 10.0. The second kappa shape index (κ2) is 14.8. The molecule has 7 aromatic rings. The molecule has 0 unspecified atom stereocenters. The van der Waals surface area contributed by atoms with E-state index in [2.05, 4.69) is 203 Å². The summed E-state index contributed by atoms with van der Waals surface area (Å²) in [6.07, 6.45) is 25.9. The molecular formula is C48H46N8+4. The van der Waals surface area contributed by atoms with E-state index in [1.165, 1.54) is 0 Å². The average Bonchev–Trinajstić information content (AvgIpc) is 4.09. The quantitative estimate of drug-likeness (QED) is 0.154. The Kier molecular flexibility index (Phi) is 9.23. The summed E-state index contributed by atoms with van der Waals surface area (Å²) in [5.74, 6) is 0. The van der Waals surface area contributed by atoms with Gasteiger partial charge in [-0.1, -0.05) is 0 Å². The molecule has 0 aliphatic carbocycles. The highest BCUT2D eigenvalue weighted by Gasteiger charge is 2.22. The third-order valence-corrected chi connectivity index (χ3v) is 10.8. The predicted molar refractivity (Wildman–Crippen MR) is 224 cm³/mol. The number of rotatable bonds is 8. The van der Waals surface area contributed by atoms with Gasteiger partial charge < -0.3 is 9.97 Å². The van der Waals surface area contributed by atoms with Gasteiger partial charge in [0.2, 0.25) is 0 Å². The summed E-state index contributed by atoms with van der Waals surface area (Å²) in [6, 6.07) is 26.0. The maximum atomic E-state index is 5.47. The van der Waals surface area contributed by atoms with Crippen molar-refractivity contribution in [1.29, 1.82) is 0 Å². The largest absolute Gasteiger partial charge is 0.354 e. The topological polar surface area (TPSA) is 72.9 Å². The molecule has 9 heterocycles. The third-order valence-electron chi connectivity index (χ3n) is 10.8. The van der Waals surface area contributed by atoms with Crippen molar-refractivity contribution in [1.82, 2.24) is 19.9 Å². The van der Waals surface area contributed by atoms with E-state index in [1.54, 1.807) is 0 Å². The van der Waals surface area contributed by atoms with Gasteiger partial charge in [-0.3, -0.25) is 0 Å². The van der Waals surface area contributed by atoms with Crippen molar-refractivity contribution in [2.75, 3.05) is 0 Å². The zero-order valence-corrected chi connectivity index (χ0v) is 32.4. The maximum absolute atomic E-state index is 5.47. The summed E-state index contributed by atoms with van der Waals surface area (Å²) in [6.45, 7) is 12.1. The van der Waals surface area contributed by atoms with Crippen molar-refractivity contribution in [3.8, 4) is 44.5 Å². The zero-order valence-electron chi connectivity index (χ0n) is 32.4. The Morgan fingerprint density at radius 3 is 1.00 bits per heavy atom. The van der Waals surface area contributed by atoms with Gasteiger partial charge >= 0.3 is 0 Å². The fourth-order valence-electron chi connectivity index (χ4n) is 7.89. The lowest BCUT2D eigenvalue weighted by molar-refractivity contribution is -0.693. The Balaban J connectivity index is 1.47. The second-order valence-corrected chi connectivity index (χ2v) is 14.2. The van der Waals surface area contributed by atoms with Crippen LogP contribution >= 0.6 is 0 Å². The minimum Gasteiger partial charge on any atom is -0.354 e. The molecule has 0 spiro atoms. The van der Waals surface area contributed by atoms with Crippen LogP contribution in [0.1, 0.15) is 50.5 Å². The molecule has 0 saturated carbocycles. The Morgan fingerprint density at radius 2 is 0.661 bits per heavy atom. The van der Waals surface area contributed by atoms with Gasteiger partial charge in [0.15, 0.2) is 49.6 Å². The number of hydrogen-bond acceptors (Lipinski definition) is 2. The van der Waals surface area contributed by atoms with Crippen LogP contribution in [0.25, 0.3) is 90.9 Å². The summed E-state index contributed by atoms with van der Waals surface area (Å²) >= 11 is 0. The Morgan fingerprint density at radius 1 is 0.375 bits per heavy atom. The van der Waals surface area contributed by atoms with Crippen LogP contribution in [0.15, 0.2) is 122 Å². The zero-order chi connectivity index (χ0) is 38.2. The molecule has 8 heteroatoms. The second-order valence-electron chi connectivity index (χ2n) is 14.2. The first-order chi connectivity index (χ1) is 27.5. The van der Waals surface area contributed by atoms with Crippen LogP contribution in [0, 0.1) is 0 Å². The van der Waals surface area contributed by atoms with Crippen molar-refractivity contribution >= 4 is 46.4 Å². The van der Waals surface area contributed by atoms with E-state index >= 15 is 0 Å². The number of pyridine rings is 4. The number of aromatic amines is 2. The van der Waals surface area contributed by atoms with Crippen LogP contribution in [-0.4, -0.2) is 19.9 Å². The van der Waals surface area contributed by atoms with Gasteiger partial charge in [0.1, 0.15) is 26.2 Å². The lowest BCUT2D eigenvalue weighted by Gasteiger charge is -2.06. The fourth-order valence-corrected chi connectivity index (χ4v) is 7.89. The van der Waals surface area contributed by atoms with Crippen LogP contribution in [0.4, 0.5) is 0 Å². The maximum Gasteiger partial charge on any atom is 0.176 e. The highest BCUT2D eigenvalue weighted by atomic mass is 14.9. The number of nitrogens with one attached hydrogen (secondary N) is 2. The van der Waals surface area contributed by atoms with Gasteiger partial charge in [-0.05, 0) is 101 Å². The highest BCUT2D eigenvalue weighted by molar-refractivity contribution is 5.99. The Bertz CT molecular complexity index is 2730. The number of aromatic nitrogens is 8. The van der Waals surface area contributed by atoms with E-state index in [-0.39, 0.29) is 0 Å². The summed E-state index contributed by atoms with van der Waals surface area (Å²) in [4.78, 5) is 18.7. The van der Waals surface area contributed by atoms with Crippen LogP contribution in [0.2, 0.25) is 0 Å². The number of aryl methyl sites for hydroxylation is 4. The van der Waals surface area contributed by atoms with Gasteiger partial charge in [-0.25, -0.2) is 28.2 Å². The van der Waals surface area contributed by atoms with Crippen molar-refractivity contribution in [2.24, 2.45) is 0 Å². The van der Waals surface area contributed by atoms with E-state index in [1.807, 2.05) is 0 Å². The number of nitrogens with zero attached hydrogens (tertiary/aromatic N) is 6. The van der Waals surface area contributed by atoms with E-state index in [4.69, 9.17) is 9.97 Å². The van der Waals surface area contributed by atoms with E-state index < -0.39 is 0 Å². The average molecular weight is 735 g/mol. The first-order valence-corrected chi connectivity index (χ1v) is 19.7. The van der Waals surface area contributed by atoms with Gasteiger partial charge in [-0.2, -0.15) is 0 Å². The number of fused-ring (bicyclic) bond motifs is 8. The van der Waals surface area contributed by atoms with Crippen molar-refractivity contribution < 1.29 is 18.3 Å². The molecule has 9 rings (SSSR count). The summed E-state index contributed by atoms with van der Waals surface area (Å²) < 4.78 is 8.85. The van der Waals surface area contributed by atoms with Crippen LogP contribution in [0.3, 0.4) is 0 Å². The first kappa shape index (κ1) is 34.9. The Hall–Kier alpha value is -6.80. The molecule has 2 N–H and O–H groups in total. The van der Waals surface area contributed by atoms with Crippen molar-refractivity contribution in [2.45, 2.75) is 53.9 Å². The molecule has 0 atom stereocenters. The molecule has 0 saturated heterocycles. The van der Waals surface area contributed by atoms with E-state index in [9.17, 15) is 0 Å². The van der Waals surface area contributed by atoms with Crippen LogP contribution in [0.5, 0.6) is 0 Å². The van der Waals surface area contributed by atoms with E-state index in [0.29, 0.717) is 0 Å². The summed E-state index contributed by atoms with van der Waals surface area (Å²) in [5.41, 5.74) is 16.1. The van der Waals surface area contributed by atoms with Crippen LogP contribution < -0.4 is 18.3 Å². The van der Waals surface area contributed by atoms with Gasteiger partial charge in [0.25, 0.3) is 0 Å². The minimum atomic E-state index is 0.859. The van der Waals surface area contributed by atoms with Crippen molar-refractivity contribution in [3.63, 3.8) is 0 Å². The van der Waals surface area contributed by atoms with Gasteiger partial charge in [0.05, 0.1) is 28.3 Å². The van der Waals surface area contributed by atoms with Gasteiger partial charge in [0, 0.05) is 85.3 Å². The first-order valence-electron chi connectivity index (χ1n) is 19.7. The smallest absolute Gasteiger partial charge is 0.176 e. The molecule has 0 fully saturated rings. The highest BCUT2D eigenvalue weighted by Crippen LogP contribution is 2.37. The summed E-state index contributed by atoms with van der Waals surface area (Å²) in [5, 5.41) is 0. The third kappa shape index (κ3) is 6.43. The molecule has 0 amide bonds. The van der Waals surface area contributed by atoms with Crippen molar-refractivity contribution in [3.05, 3.63) is 145 Å². The number of H-pyrrole nitrogens is 2. The molecule has 2 aliphatic heterocycles. The molecule has 0 aromatic carbocycles. The SMILES string of the molecule is CC[n+]1cccc(-c2c3nc(c(-c4ccc[n+](CC)c4)c4ccc([nH]4)c(-c4ccc[n+](CC)c4)c4ccc([nH]4)c(-c4ccc[n+](CC)c4)c4nc2C=C4)C=C3)c1. The molecule has 56 heavy (non-hydrogen) atoms. The van der Waals surface area contributed by atoms with E-state index in [0.717, 1.165) is 116 Å². The predicted octanol–water partition coefficient (Wildman–Crippen LogP) is 8.55.